The van der Waals surface area contributed by atoms with Gasteiger partial charge in [0.1, 0.15) is 0 Å². The van der Waals surface area contributed by atoms with E-state index in [9.17, 15) is 0 Å². The zero-order chi connectivity index (χ0) is 16.2. The average molecular weight is 435 g/mol. The Hall–Kier alpha value is -0.860. The summed E-state index contributed by atoms with van der Waals surface area (Å²) in [5, 5.41) is 3.30. The van der Waals surface area contributed by atoms with Gasteiger partial charge in [-0.05, 0) is 17.5 Å². The Morgan fingerprint density at radius 2 is 1.78 bits per heavy atom. The number of hydrogen-bond donors (Lipinski definition) is 1. The van der Waals surface area contributed by atoms with Crippen LogP contribution in [0.15, 0.2) is 29.3 Å². The Kier molecular flexibility index (Phi) is 13.1. The standard InChI is InChI=1S/C17H29N3O2.HI/c1-5-15-6-8-16(9-7-15)14-20(3)17(18-2)19-10-11-22-13-12-21-4;/h6-9H,5,10-14H2,1-4H3,(H,18,19);1H. The third-order valence-electron chi connectivity index (χ3n) is 3.39. The van der Waals surface area contributed by atoms with E-state index in [1.54, 1.807) is 14.2 Å². The molecule has 1 aromatic rings. The van der Waals surface area contributed by atoms with E-state index < -0.39 is 0 Å². The molecule has 0 saturated carbocycles. The van der Waals surface area contributed by atoms with Crippen molar-refractivity contribution in [3.05, 3.63) is 35.4 Å². The Bertz CT molecular complexity index is 438. The summed E-state index contributed by atoms with van der Waals surface area (Å²) in [7, 11) is 5.51. The first-order valence-corrected chi connectivity index (χ1v) is 7.77. The number of benzene rings is 1. The fourth-order valence-electron chi connectivity index (χ4n) is 2.09. The maximum absolute atomic E-state index is 5.43. The lowest BCUT2D eigenvalue weighted by Gasteiger charge is -2.22. The van der Waals surface area contributed by atoms with E-state index in [1.807, 2.05) is 7.05 Å². The van der Waals surface area contributed by atoms with Crippen molar-refractivity contribution >= 4 is 29.9 Å². The molecule has 0 heterocycles. The highest BCUT2D eigenvalue weighted by Crippen LogP contribution is 2.07. The van der Waals surface area contributed by atoms with Crippen molar-refractivity contribution in [2.45, 2.75) is 19.9 Å². The van der Waals surface area contributed by atoms with Gasteiger partial charge in [-0.3, -0.25) is 4.99 Å². The fourth-order valence-corrected chi connectivity index (χ4v) is 2.09. The first-order chi connectivity index (χ1) is 10.7. The van der Waals surface area contributed by atoms with Gasteiger partial charge in [0.05, 0.1) is 19.8 Å². The number of guanidine groups is 1. The van der Waals surface area contributed by atoms with Crippen LogP contribution in [0.3, 0.4) is 0 Å². The third-order valence-corrected chi connectivity index (χ3v) is 3.39. The van der Waals surface area contributed by atoms with Crippen LogP contribution in [-0.4, -0.2) is 58.4 Å². The molecule has 0 aliphatic heterocycles. The van der Waals surface area contributed by atoms with E-state index in [0.29, 0.717) is 19.8 Å². The zero-order valence-corrected chi connectivity index (χ0v) is 17.0. The second kappa shape index (κ2) is 13.6. The van der Waals surface area contributed by atoms with Crippen molar-refractivity contribution in [2.75, 3.05) is 47.6 Å². The van der Waals surface area contributed by atoms with Gasteiger partial charge < -0.3 is 19.7 Å². The number of methoxy groups -OCH3 is 1. The molecule has 0 fully saturated rings. The summed E-state index contributed by atoms with van der Waals surface area (Å²) in [5.74, 6) is 0.870. The summed E-state index contributed by atoms with van der Waals surface area (Å²) in [6, 6.07) is 8.72. The highest BCUT2D eigenvalue weighted by Gasteiger charge is 2.06. The van der Waals surface area contributed by atoms with Gasteiger partial charge in [0.15, 0.2) is 5.96 Å². The van der Waals surface area contributed by atoms with Crippen LogP contribution in [0.1, 0.15) is 18.1 Å². The lowest BCUT2D eigenvalue weighted by atomic mass is 10.1. The SMILES string of the molecule is CCc1ccc(CN(C)C(=NC)NCCOCCOC)cc1.I. The highest BCUT2D eigenvalue weighted by molar-refractivity contribution is 14.0. The minimum absolute atomic E-state index is 0. The Morgan fingerprint density at radius 3 is 2.35 bits per heavy atom. The van der Waals surface area contributed by atoms with E-state index in [0.717, 1.165) is 25.5 Å². The minimum atomic E-state index is 0. The predicted molar refractivity (Wildman–Crippen MR) is 107 cm³/mol. The average Bonchev–Trinajstić information content (AvgIpc) is 2.55. The van der Waals surface area contributed by atoms with Crippen molar-refractivity contribution in [3.8, 4) is 0 Å². The van der Waals surface area contributed by atoms with Gasteiger partial charge in [-0.1, -0.05) is 31.2 Å². The Morgan fingerprint density at radius 1 is 1.13 bits per heavy atom. The monoisotopic (exact) mass is 435 g/mol. The van der Waals surface area contributed by atoms with Crippen molar-refractivity contribution < 1.29 is 9.47 Å². The van der Waals surface area contributed by atoms with Crippen LogP contribution < -0.4 is 5.32 Å². The molecule has 0 unspecified atom stereocenters. The van der Waals surface area contributed by atoms with E-state index in [-0.39, 0.29) is 24.0 Å². The molecule has 23 heavy (non-hydrogen) atoms. The van der Waals surface area contributed by atoms with Crippen molar-refractivity contribution in [1.82, 2.24) is 10.2 Å². The first-order valence-electron chi connectivity index (χ1n) is 7.77. The summed E-state index contributed by atoms with van der Waals surface area (Å²) in [5.41, 5.74) is 2.64. The first kappa shape index (κ1) is 22.1. The number of rotatable bonds is 9. The fraction of sp³-hybridized carbons (Fsp3) is 0.588. The molecule has 1 rings (SSSR count). The second-order valence-electron chi connectivity index (χ2n) is 5.11. The maximum atomic E-state index is 5.43. The van der Waals surface area contributed by atoms with E-state index in [1.165, 1.54) is 11.1 Å². The van der Waals surface area contributed by atoms with Gasteiger partial charge in [-0.2, -0.15) is 0 Å². The van der Waals surface area contributed by atoms with Gasteiger partial charge in [0.2, 0.25) is 0 Å². The predicted octanol–water partition coefficient (Wildman–Crippen LogP) is 2.54. The molecule has 6 heteroatoms. The number of nitrogens with zero attached hydrogens (tertiary/aromatic N) is 2. The minimum Gasteiger partial charge on any atom is -0.382 e. The van der Waals surface area contributed by atoms with Gasteiger partial charge in [-0.15, -0.1) is 24.0 Å². The van der Waals surface area contributed by atoms with Crippen LogP contribution in [0, 0.1) is 0 Å². The van der Waals surface area contributed by atoms with Crippen LogP contribution in [-0.2, 0) is 22.4 Å². The molecule has 0 spiro atoms. The summed E-state index contributed by atoms with van der Waals surface area (Å²) in [4.78, 5) is 6.41. The molecule has 0 bridgehead atoms. The van der Waals surface area contributed by atoms with Crippen LogP contribution >= 0.6 is 24.0 Å². The smallest absolute Gasteiger partial charge is 0.193 e. The summed E-state index contributed by atoms with van der Waals surface area (Å²) < 4.78 is 10.4. The number of ether oxygens (including phenoxy) is 2. The summed E-state index contributed by atoms with van der Waals surface area (Å²) in [6.45, 7) is 5.62. The molecular weight excluding hydrogens is 405 g/mol. The second-order valence-corrected chi connectivity index (χ2v) is 5.11. The molecular formula is C17H30IN3O2. The topological polar surface area (TPSA) is 46.1 Å². The summed E-state index contributed by atoms with van der Waals surface area (Å²) in [6.07, 6.45) is 1.07. The Balaban J connectivity index is 0.00000484. The van der Waals surface area contributed by atoms with E-state index in [4.69, 9.17) is 9.47 Å². The normalized spacial score (nSPS) is 11.0. The molecule has 1 aromatic carbocycles. The van der Waals surface area contributed by atoms with Gasteiger partial charge in [-0.25, -0.2) is 0 Å². The molecule has 0 radical (unpaired) electrons. The third kappa shape index (κ3) is 9.12. The number of hydrogen-bond acceptors (Lipinski definition) is 3. The molecule has 0 aliphatic carbocycles. The number of nitrogens with one attached hydrogen (secondary N) is 1. The van der Waals surface area contributed by atoms with Crippen LogP contribution in [0.5, 0.6) is 0 Å². The highest BCUT2D eigenvalue weighted by atomic mass is 127. The van der Waals surface area contributed by atoms with E-state index >= 15 is 0 Å². The molecule has 0 atom stereocenters. The molecule has 132 valence electrons. The van der Waals surface area contributed by atoms with Gasteiger partial charge in [0.25, 0.3) is 0 Å². The molecule has 0 aliphatic rings. The van der Waals surface area contributed by atoms with Crippen LogP contribution in [0.25, 0.3) is 0 Å². The van der Waals surface area contributed by atoms with Crippen molar-refractivity contribution in [2.24, 2.45) is 4.99 Å². The molecule has 0 aromatic heterocycles. The lowest BCUT2D eigenvalue weighted by Crippen LogP contribution is -2.40. The van der Waals surface area contributed by atoms with Crippen LogP contribution in [0.4, 0.5) is 0 Å². The summed E-state index contributed by atoms with van der Waals surface area (Å²) >= 11 is 0. The maximum Gasteiger partial charge on any atom is 0.193 e. The van der Waals surface area contributed by atoms with Crippen LogP contribution in [0.2, 0.25) is 0 Å². The lowest BCUT2D eigenvalue weighted by molar-refractivity contribution is 0.0731. The molecule has 1 N–H and O–H groups in total. The van der Waals surface area contributed by atoms with E-state index in [2.05, 4.69) is 46.4 Å². The number of aryl methyl sites for hydroxylation is 1. The van der Waals surface area contributed by atoms with Crippen molar-refractivity contribution in [3.63, 3.8) is 0 Å². The van der Waals surface area contributed by atoms with Crippen molar-refractivity contribution in [1.29, 1.82) is 0 Å². The molecule has 0 amide bonds. The van der Waals surface area contributed by atoms with Gasteiger partial charge >= 0.3 is 0 Å². The van der Waals surface area contributed by atoms with Gasteiger partial charge in [0, 0.05) is 34.3 Å². The number of halogens is 1. The molecule has 5 nitrogen and oxygen atoms in total. The quantitative estimate of drug-likeness (QED) is 0.280. The largest absolute Gasteiger partial charge is 0.382 e. The zero-order valence-electron chi connectivity index (χ0n) is 14.7. The molecule has 0 saturated heterocycles. The Labute approximate surface area is 157 Å². The number of aliphatic imine (C=N–C) groups is 1.